The second-order valence-corrected chi connectivity index (χ2v) is 7.54. The molecule has 2 aromatic heterocycles. The Bertz CT molecular complexity index is 1110. The predicted octanol–water partition coefficient (Wildman–Crippen LogP) is 4.68. The lowest BCUT2D eigenvalue weighted by atomic mass is 9.94. The average molecular weight is 408 g/mol. The maximum atomic E-state index is 13.1. The number of nitrogens with zero attached hydrogens (tertiary/aromatic N) is 3. The van der Waals surface area contributed by atoms with Crippen molar-refractivity contribution in [2.75, 3.05) is 7.05 Å². The van der Waals surface area contributed by atoms with Gasteiger partial charge in [0.2, 0.25) is 5.91 Å². The molecule has 0 aliphatic rings. The highest BCUT2D eigenvalue weighted by atomic mass is 35.5. The maximum Gasteiger partial charge on any atom is 0.223 e. The van der Waals surface area contributed by atoms with E-state index in [4.69, 9.17) is 11.6 Å². The lowest BCUT2D eigenvalue weighted by molar-refractivity contribution is -0.132. The van der Waals surface area contributed by atoms with Gasteiger partial charge in [-0.25, -0.2) is 9.97 Å². The van der Waals surface area contributed by atoms with Crippen LogP contribution < -0.4 is 0 Å². The Morgan fingerprint density at radius 1 is 1.17 bits per heavy atom. The zero-order valence-electron chi connectivity index (χ0n) is 16.3. The quantitative estimate of drug-likeness (QED) is 0.487. The van der Waals surface area contributed by atoms with Crippen molar-refractivity contribution in [1.82, 2.24) is 24.8 Å². The molecule has 0 saturated carbocycles. The highest BCUT2D eigenvalue weighted by molar-refractivity contribution is 6.31. The molecule has 148 valence electrons. The highest BCUT2D eigenvalue weighted by Crippen LogP contribution is 2.28. The van der Waals surface area contributed by atoms with Crippen molar-refractivity contribution < 1.29 is 4.79 Å². The summed E-state index contributed by atoms with van der Waals surface area (Å²) in [5, 5.41) is 0.647. The first-order valence-corrected chi connectivity index (χ1v) is 9.86. The van der Waals surface area contributed by atoms with Crippen LogP contribution in [0.4, 0.5) is 0 Å². The van der Waals surface area contributed by atoms with Crippen molar-refractivity contribution in [3.63, 3.8) is 0 Å². The Morgan fingerprint density at radius 3 is 2.69 bits per heavy atom. The number of aromatic amines is 2. The fraction of sp³-hybridized carbons (Fsp3) is 0.227. The lowest BCUT2D eigenvalue weighted by Gasteiger charge is -2.25. The third kappa shape index (κ3) is 4.03. The fourth-order valence-corrected chi connectivity index (χ4v) is 3.62. The number of benzene rings is 2. The zero-order chi connectivity index (χ0) is 20.4. The maximum absolute atomic E-state index is 13.1. The highest BCUT2D eigenvalue weighted by Gasteiger charge is 2.26. The Labute approximate surface area is 173 Å². The largest absolute Gasteiger partial charge is 0.348 e. The molecule has 1 amide bonds. The predicted molar refractivity (Wildman–Crippen MR) is 114 cm³/mol. The summed E-state index contributed by atoms with van der Waals surface area (Å²) in [6.07, 6.45) is 3.80. The van der Waals surface area contributed by atoms with Gasteiger partial charge in [-0.3, -0.25) is 4.79 Å². The minimum absolute atomic E-state index is 0.0150. The lowest BCUT2D eigenvalue weighted by Crippen LogP contribution is -2.31. The molecular formula is C22H22ClN5O. The molecule has 2 N–H and O–H groups in total. The molecule has 2 aromatic carbocycles. The van der Waals surface area contributed by atoms with E-state index < -0.39 is 0 Å². The van der Waals surface area contributed by atoms with E-state index >= 15 is 0 Å². The first-order valence-electron chi connectivity index (χ1n) is 9.48. The molecule has 0 radical (unpaired) electrons. The van der Waals surface area contributed by atoms with Gasteiger partial charge in [0.15, 0.2) is 0 Å². The Balaban J connectivity index is 1.55. The normalized spacial score (nSPS) is 13.3. The molecule has 7 heteroatoms. The summed E-state index contributed by atoms with van der Waals surface area (Å²) in [6.45, 7) is 1.96. The number of hydrogen-bond donors (Lipinski definition) is 2. The summed E-state index contributed by atoms with van der Waals surface area (Å²) in [6, 6.07) is 15.3. The third-order valence-electron chi connectivity index (χ3n) is 5.26. The number of aromatic nitrogens is 4. The van der Waals surface area contributed by atoms with Crippen molar-refractivity contribution in [2.45, 2.75) is 25.3 Å². The monoisotopic (exact) mass is 407 g/mol. The summed E-state index contributed by atoms with van der Waals surface area (Å²) in [7, 11) is 1.80. The van der Waals surface area contributed by atoms with Gasteiger partial charge < -0.3 is 14.9 Å². The molecule has 0 aliphatic heterocycles. The van der Waals surface area contributed by atoms with E-state index in [1.54, 1.807) is 24.3 Å². The summed E-state index contributed by atoms with van der Waals surface area (Å²) >= 11 is 6.06. The van der Waals surface area contributed by atoms with E-state index in [1.807, 2.05) is 55.5 Å². The summed E-state index contributed by atoms with van der Waals surface area (Å²) < 4.78 is 0. The molecule has 6 nitrogen and oxygen atoms in total. The average Bonchev–Trinajstić information content (AvgIpc) is 3.41. The Hall–Kier alpha value is -3.12. The van der Waals surface area contributed by atoms with Crippen LogP contribution in [0, 0.1) is 0 Å². The Kier molecular flexibility index (Phi) is 5.36. The van der Waals surface area contributed by atoms with Crippen LogP contribution >= 0.6 is 11.6 Å². The molecule has 0 aliphatic carbocycles. The zero-order valence-corrected chi connectivity index (χ0v) is 17.0. The van der Waals surface area contributed by atoms with Gasteiger partial charge in [0.1, 0.15) is 11.6 Å². The van der Waals surface area contributed by atoms with E-state index in [-0.39, 0.29) is 17.9 Å². The number of hydrogen-bond acceptors (Lipinski definition) is 3. The topological polar surface area (TPSA) is 77.7 Å². The van der Waals surface area contributed by atoms with Crippen LogP contribution in [0.25, 0.3) is 11.0 Å². The Morgan fingerprint density at radius 2 is 1.97 bits per heavy atom. The number of carbonyl (C=O) groups excluding carboxylic acids is 1. The number of rotatable bonds is 6. The van der Waals surface area contributed by atoms with Crippen molar-refractivity contribution in [3.05, 3.63) is 83.2 Å². The van der Waals surface area contributed by atoms with Gasteiger partial charge in [-0.15, -0.1) is 0 Å². The van der Waals surface area contributed by atoms with Crippen molar-refractivity contribution in [2.24, 2.45) is 0 Å². The minimum Gasteiger partial charge on any atom is -0.348 e. The van der Waals surface area contributed by atoms with Gasteiger partial charge in [-0.1, -0.05) is 41.9 Å². The second-order valence-electron chi connectivity index (χ2n) is 7.11. The molecule has 29 heavy (non-hydrogen) atoms. The van der Waals surface area contributed by atoms with Crippen LogP contribution in [0.3, 0.4) is 0 Å². The van der Waals surface area contributed by atoms with E-state index in [2.05, 4.69) is 19.9 Å². The summed E-state index contributed by atoms with van der Waals surface area (Å²) in [5.74, 6) is 1.39. The number of carbonyl (C=O) groups is 1. The van der Waals surface area contributed by atoms with Crippen LogP contribution in [0.2, 0.25) is 5.02 Å². The SMILES string of the molecule is CC(c1nc2ccc(Cl)cc2[nH]1)N(C)C(=O)CC(c1ccccc1)c1ncc[nH]1. The van der Waals surface area contributed by atoms with E-state index in [0.717, 1.165) is 28.2 Å². The molecule has 0 saturated heterocycles. The molecule has 2 heterocycles. The van der Waals surface area contributed by atoms with E-state index in [1.165, 1.54) is 0 Å². The van der Waals surface area contributed by atoms with Crippen LogP contribution in [-0.4, -0.2) is 37.8 Å². The minimum atomic E-state index is -0.207. The fourth-order valence-electron chi connectivity index (χ4n) is 3.44. The van der Waals surface area contributed by atoms with Crippen LogP contribution in [0.15, 0.2) is 60.9 Å². The molecule has 4 rings (SSSR count). The smallest absolute Gasteiger partial charge is 0.223 e. The summed E-state index contributed by atoms with van der Waals surface area (Å²) in [5.41, 5.74) is 2.74. The van der Waals surface area contributed by atoms with Crippen LogP contribution in [0.5, 0.6) is 0 Å². The number of imidazole rings is 2. The van der Waals surface area contributed by atoms with Crippen molar-refractivity contribution in [3.8, 4) is 0 Å². The number of fused-ring (bicyclic) bond motifs is 1. The molecule has 4 aromatic rings. The first kappa shape index (κ1) is 19.2. The number of nitrogens with one attached hydrogen (secondary N) is 2. The van der Waals surface area contributed by atoms with Gasteiger partial charge in [-0.2, -0.15) is 0 Å². The van der Waals surface area contributed by atoms with Gasteiger partial charge in [0.25, 0.3) is 0 Å². The van der Waals surface area contributed by atoms with Gasteiger partial charge >= 0.3 is 0 Å². The number of halogens is 1. The van der Waals surface area contributed by atoms with Crippen molar-refractivity contribution >= 4 is 28.5 Å². The molecule has 0 bridgehead atoms. The summed E-state index contributed by atoms with van der Waals surface area (Å²) in [4.78, 5) is 30.3. The molecule has 0 spiro atoms. The number of H-pyrrole nitrogens is 2. The second kappa shape index (κ2) is 8.09. The van der Waals surface area contributed by atoms with Crippen LogP contribution in [-0.2, 0) is 4.79 Å². The molecular weight excluding hydrogens is 386 g/mol. The van der Waals surface area contributed by atoms with Crippen molar-refractivity contribution in [1.29, 1.82) is 0 Å². The van der Waals surface area contributed by atoms with Gasteiger partial charge in [0.05, 0.1) is 23.0 Å². The molecule has 2 unspecified atom stereocenters. The van der Waals surface area contributed by atoms with E-state index in [0.29, 0.717) is 11.4 Å². The van der Waals surface area contributed by atoms with Gasteiger partial charge in [0, 0.05) is 30.9 Å². The number of amides is 1. The molecule has 2 atom stereocenters. The van der Waals surface area contributed by atoms with Gasteiger partial charge in [-0.05, 0) is 30.7 Å². The third-order valence-corrected chi connectivity index (χ3v) is 5.50. The standard InChI is InChI=1S/C22H22ClN5O/c1-14(21-26-18-9-8-16(23)12-19(18)27-21)28(2)20(29)13-17(22-24-10-11-25-22)15-6-4-3-5-7-15/h3-12,14,17H,13H2,1-2H3,(H,24,25)(H,26,27). The molecule has 0 fully saturated rings. The first-order chi connectivity index (χ1) is 14.0. The van der Waals surface area contributed by atoms with Crippen LogP contribution in [0.1, 0.15) is 42.5 Å². The van der Waals surface area contributed by atoms with E-state index in [9.17, 15) is 4.79 Å².